The molecule has 0 radical (unpaired) electrons. The highest BCUT2D eigenvalue weighted by Gasteiger charge is 2.28. The predicted octanol–water partition coefficient (Wildman–Crippen LogP) is 3.59. The number of hydrogen-bond acceptors (Lipinski definition) is 3. The van der Waals surface area contributed by atoms with Crippen LogP contribution in [-0.4, -0.2) is 11.7 Å². The Morgan fingerprint density at radius 1 is 1.29 bits per heavy atom. The van der Waals surface area contributed by atoms with E-state index in [-0.39, 0.29) is 11.9 Å². The van der Waals surface area contributed by atoms with Gasteiger partial charge in [0.25, 0.3) is 0 Å². The lowest BCUT2D eigenvalue weighted by Crippen LogP contribution is -2.36. The van der Waals surface area contributed by atoms with Gasteiger partial charge in [0.15, 0.2) is 0 Å². The van der Waals surface area contributed by atoms with Crippen LogP contribution in [0.5, 0.6) is 0 Å². The molecule has 3 nitrogen and oxygen atoms in total. The van der Waals surface area contributed by atoms with Crippen molar-refractivity contribution in [2.24, 2.45) is 0 Å². The molecule has 0 aliphatic rings. The Morgan fingerprint density at radius 2 is 1.90 bits per heavy atom. The summed E-state index contributed by atoms with van der Waals surface area (Å²) in [6, 6.07) is 8.25. The summed E-state index contributed by atoms with van der Waals surface area (Å²) in [6.07, 6.45) is 0. The highest BCUT2D eigenvalue weighted by atomic mass is 19.1. The maximum atomic E-state index is 12.9. The molecule has 0 aliphatic heterocycles. The molecule has 114 valence electrons. The van der Waals surface area contributed by atoms with Crippen LogP contribution >= 0.6 is 0 Å². The average molecular weight is 291 g/mol. The molecule has 0 spiro atoms. The fourth-order valence-corrected chi connectivity index (χ4v) is 2.48. The second-order valence-corrected chi connectivity index (χ2v) is 5.75. The van der Waals surface area contributed by atoms with Crippen molar-refractivity contribution >= 4 is 0 Å². The molecule has 0 bridgehead atoms. The maximum absolute atomic E-state index is 12.9. The Balaban J connectivity index is 2.04. The molecule has 2 unspecified atom stereocenters. The van der Waals surface area contributed by atoms with Crippen molar-refractivity contribution in [2.45, 2.75) is 39.3 Å². The fourth-order valence-electron chi connectivity index (χ4n) is 2.48. The number of aliphatic hydroxyl groups is 1. The highest BCUT2D eigenvalue weighted by molar-refractivity contribution is 5.27. The monoisotopic (exact) mass is 291 g/mol. The maximum Gasteiger partial charge on any atom is 0.123 e. The Kier molecular flexibility index (Phi) is 4.49. The van der Waals surface area contributed by atoms with E-state index in [1.54, 1.807) is 19.1 Å². The molecule has 2 atom stereocenters. The number of hydrogen-bond donors (Lipinski definition) is 2. The third-order valence-electron chi connectivity index (χ3n) is 3.74. The van der Waals surface area contributed by atoms with Gasteiger partial charge in [0.2, 0.25) is 0 Å². The molecule has 0 saturated carbocycles. The van der Waals surface area contributed by atoms with Gasteiger partial charge < -0.3 is 14.8 Å². The largest absolute Gasteiger partial charge is 0.466 e. The summed E-state index contributed by atoms with van der Waals surface area (Å²) in [7, 11) is 0. The standard InChI is InChI=1S/C17H22FNO2/c1-11-9-16(13(3)21-11)17(4,20)10-19-12(2)14-5-7-15(18)8-6-14/h5-9,12,19-20H,10H2,1-4H3. The van der Waals surface area contributed by atoms with Gasteiger partial charge in [-0.25, -0.2) is 4.39 Å². The first-order chi connectivity index (χ1) is 9.79. The van der Waals surface area contributed by atoms with Crippen LogP contribution in [0.4, 0.5) is 4.39 Å². The van der Waals surface area contributed by atoms with Crippen LogP contribution in [-0.2, 0) is 5.60 Å². The summed E-state index contributed by atoms with van der Waals surface area (Å²) >= 11 is 0. The minimum atomic E-state index is -1.02. The van der Waals surface area contributed by atoms with E-state index in [1.165, 1.54) is 12.1 Å². The predicted molar refractivity (Wildman–Crippen MR) is 80.6 cm³/mol. The van der Waals surface area contributed by atoms with Crippen molar-refractivity contribution in [3.05, 3.63) is 58.8 Å². The second-order valence-electron chi connectivity index (χ2n) is 5.75. The van der Waals surface area contributed by atoms with E-state index >= 15 is 0 Å². The molecule has 0 amide bonds. The van der Waals surface area contributed by atoms with E-state index in [1.807, 2.05) is 26.8 Å². The second kappa shape index (κ2) is 6.00. The molecule has 0 fully saturated rings. The van der Waals surface area contributed by atoms with Crippen LogP contribution < -0.4 is 5.32 Å². The zero-order chi connectivity index (χ0) is 15.6. The number of nitrogens with one attached hydrogen (secondary N) is 1. The summed E-state index contributed by atoms with van der Waals surface area (Å²) in [5, 5.41) is 13.9. The lowest BCUT2D eigenvalue weighted by Gasteiger charge is -2.26. The van der Waals surface area contributed by atoms with E-state index in [9.17, 15) is 9.50 Å². The van der Waals surface area contributed by atoms with E-state index < -0.39 is 5.60 Å². The molecule has 0 aliphatic carbocycles. The molecule has 2 aromatic rings. The van der Waals surface area contributed by atoms with Crippen LogP contribution in [0.25, 0.3) is 0 Å². The molecule has 2 N–H and O–H groups in total. The summed E-state index contributed by atoms with van der Waals surface area (Å²) in [6.45, 7) is 7.83. The lowest BCUT2D eigenvalue weighted by atomic mass is 9.95. The Labute approximate surface area is 124 Å². The number of furan rings is 1. The molecule has 2 rings (SSSR count). The van der Waals surface area contributed by atoms with Crippen LogP contribution in [0.1, 0.15) is 42.5 Å². The fraction of sp³-hybridized carbons (Fsp3) is 0.412. The van der Waals surface area contributed by atoms with Gasteiger partial charge in [0.05, 0.1) is 0 Å². The van der Waals surface area contributed by atoms with E-state index in [0.29, 0.717) is 6.54 Å². The van der Waals surface area contributed by atoms with Crippen molar-refractivity contribution in [3.8, 4) is 0 Å². The minimum Gasteiger partial charge on any atom is -0.466 e. The zero-order valence-electron chi connectivity index (χ0n) is 12.9. The minimum absolute atomic E-state index is 0.0189. The van der Waals surface area contributed by atoms with Crippen molar-refractivity contribution < 1.29 is 13.9 Å². The molecular weight excluding hydrogens is 269 g/mol. The van der Waals surface area contributed by atoms with Gasteiger partial charge in [-0.2, -0.15) is 0 Å². The van der Waals surface area contributed by atoms with Crippen LogP contribution in [0, 0.1) is 19.7 Å². The first-order valence-electron chi connectivity index (χ1n) is 7.08. The molecule has 4 heteroatoms. The third kappa shape index (κ3) is 3.71. The normalized spacial score (nSPS) is 15.7. The smallest absolute Gasteiger partial charge is 0.123 e. The van der Waals surface area contributed by atoms with Gasteiger partial charge in [0, 0.05) is 18.2 Å². The van der Waals surface area contributed by atoms with Crippen molar-refractivity contribution in [2.75, 3.05) is 6.54 Å². The molecule has 1 heterocycles. The topological polar surface area (TPSA) is 45.4 Å². The van der Waals surface area contributed by atoms with Crippen molar-refractivity contribution in [3.63, 3.8) is 0 Å². The zero-order valence-corrected chi connectivity index (χ0v) is 12.9. The summed E-state index contributed by atoms with van der Waals surface area (Å²) in [5.41, 5.74) is 0.752. The summed E-state index contributed by atoms with van der Waals surface area (Å²) in [5.74, 6) is 1.27. The Hall–Kier alpha value is -1.65. The van der Waals surface area contributed by atoms with Gasteiger partial charge in [-0.15, -0.1) is 0 Å². The number of aryl methyl sites for hydroxylation is 2. The van der Waals surface area contributed by atoms with E-state index in [0.717, 1.165) is 22.6 Å². The van der Waals surface area contributed by atoms with E-state index in [2.05, 4.69) is 5.32 Å². The third-order valence-corrected chi connectivity index (χ3v) is 3.74. The van der Waals surface area contributed by atoms with Crippen LogP contribution in [0.2, 0.25) is 0 Å². The summed E-state index contributed by atoms with van der Waals surface area (Å²) in [4.78, 5) is 0. The summed E-state index contributed by atoms with van der Waals surface area (Å²) < 4.78 is 18.4. The quantitative estimate of drug-likeness (QED) is 0.885. The van der Waals surface area contributed by atoms with Crippen LogP contribution in [0.15, 0.2) is 34.7 Å². The Morgan fingerprint density at radius 3 is 2.43 bits per heavy atom. The molecule has 1 aromatic carbocycles. The number of benzene rings is 1. The SMILES string of the molecule is Cc1cc(C(C)(O)CNC(C)c2ccc(F)cc2)c(C)o1. The molecule has 1 aromatic heterocycles. The highest BCUT2D eigenvalue weighted by Crippen LogP contribution is 2.27. The van der Waals surface area contributed by atoms with Crippen LogP contribution in [0.3, 0.4) is 0 Å². The average Bonchev–Trinajstić information content (AvgIpc) is 2.77. The molecule has 0 saturated heterocycles. The molecular formula is C17H22FNO2. The number of halogens is 1. The van der Waals surface area contributed by atoms with Gasteiger partial charge in [-0.05, 0) is 51.5 Å². The van der Waals surface area contributed by atoms with E-state index in [4.69, 9.17) is 4.42 Å². The van der Waals surface area contributed by atoms with Gasteiger partial charge in [-0.1, -0.05) is 12.1 Å². The van der Waals surface area contributed by atoms with Gasteiger partial charge >= 0.3 is 0 Å². The first kappa shape index (κ1) is 15.7. The Bertz CT molecular complexity index is 602. The first-order valence-corrected chi connectivity index (χ1v) is 7.08. The van der Waals surface area contributed by atoms with Gasteiger partial charge in [-0.3, -0.25) is 0 Å². The van der Waals surface area contributed by atoms with Crippen molar-refractivity contribution in [1.29, 1.82) is 0 Å². The number of rotatable bonds is 5. The lowest BCUT2D eigenvalue weighted by molar-refractivity contribution is 0.0529. The van der Waals surface area contributed by atoms with Gasteiger partial charge in [0.1, 0.15) is 22.9 Å². The molecule has 21 heavy (non-hydrogen) atoms. The van der Waals surface area contributed by atoms with Crippen molar-refractivity contribution in [1.82, 2.24) is 5.32 Å².